The SMILES string of the molecule is Cc1cc(Br)ccc1N(C)C(=O)Cc1c(C)nc2ccccc2c1C. The third-order valence-electron chi connectivity index (χ3n) is 4.71. The first-order valence-corrected chi connectivity index (χ1v) is 9.05. The summed E-state index contributed by atoms with van der Waals surface area (Å²) in [6.07, 6.45) is 0.349. The summed E-state index contributed by atoms with van der Waals surface area (Å²) < 4.78 is 1.01. The summed E-state index contributed by atoms with van der Waals surface area (Å²) >= 11 is 3.47. The van der Waals surface area contributed by atoms with Crippen molar-refractivity contribution >= 4 is 38.4 Å². The molecule has 4 heteroatoms. The second-order valence-electron chi connectivity index (χ2n) is 6.38. The molecule has 0 unspecified atom stereocenters. The summed E-state index contributed by atoms with van der Waals surface area (Å²) in [6, 6.07) is 14.0. The highest BCUT2D eigenvalue weighted by Crippen LogP contribution is 2.26. The molecule has 1 amide bonds. The summed E-state index contributed by atoms with van der Waals surface area (Å²) in [6.45, 7) is 6.06. The lowest BCUT2D eigenvalue weighted by molar-refractivity contribution is -0.117. The number of carbonyl (C=O) groups is 1. The van der Waals surface area contributed by atoms with Crippen molar-refractivity contribution < 1.29 is 4.79 Å². The number of fused-ring (bicyclic) bond motifs is 1. The van der Waals surface area contributed by atoms with Crippen LogP contribution in [-0.2, 0) is 11.2 Å². The fourth-order valence-corrected chi connectivity index (χ4v) is 3.71. The molecule has 3 aromatic rings. The van der Waals surface area contributed by atoms with Crippen molar-refractivity contribution in [3.8, 4) is 0 Å². The van der Waals surface area contributed by atoms with Crippen LogP contribution in [0.3, 0.4) is 0 Å². The van der Waals surface area contributed by atoms with Gasteiger partial charge < -0.3 is 4.90 Å². The van der Waals surface area contributed by atoms with Crippen LogP contribution in [0.4, 0.5) is 5.69 Å². The van der Waals surface area contributed by atoms with E-state index in [1.807, 2.05) is 57.3 Å². The minimum atomic E-state index is 0.0636. The number of amides is 1. The van der Waals surface area contributed by atoms with Crippen molar-refractivity contribution in [2.24, 2.45) is 0 Å². The van der Waals surface area contributed by atoms with Crippen LogP contribution < -0.4 is 4.90 Å². The summed E-state index contributed by atoms with van der Waals surface area (Å²) in [5.41, 5.74) is 6.05. The van der Waals surface area contributed by atoms with Gasteiger partial charge in [-0.25, -0.2) is 0 Å². The number of hydrogen-bond acceptors (Lipinski definition) is 2. The second-order valence-corrected chi connectivity index (χ2v) is 7.29. The number of hydrogen-bond donors (Lipinski definition) is 0. The third kappa shape index (κ3) is 3.45. The van der Waals surface area contributed by atoms with E-state index in [1.165, 1.54) is 0 Å². The first kappa shape index (κ1) is 17.6. The number of rotatable bonds is 3. The zero-order valence-corrected chi connectivity index (χ0v) is 16.5. The number of likely N-dealkylation sites (N-methyl/N-ethyl adjacent to an activating group) is 1. The van der Waals surface area contributed by atoms with E-state index >= 15 is 0 Å². The second kappa shape index (κ2) is 6.96. The number of aryl methyl sites for hydroxylation is 3. The Morgan fingerprint density at radius 3 is 2.56 bits per heavy atom. The highest BCUT2D eigenvalue weighted by atomic mass is 79.9. The number of nitrogens with zero attached hydrogens (tertiary/aromatic N) is 2. The highest BCUT2D eigenvalue weighted by Gasteiger charge is 2.18. The predicted molar refractivity (Wildman–Crippen MR) is 107 cm³/mol. The zero-order chi connectivity index (χ0) is 18.1. The lowest BCUT2D eigenvalue weighted by Crippen LogP contribution is -2.29. The maximum atomic E-state index is 12.9. The third-order valence-corrected chi connectivity index (χ3v) is 5.20. The molecular weight excluding hydrogens is 376 g/mol. The summed E-state index contributed by atoms with van der Waals surface area (Å²) in [5.74, 6) is 0.0636. The Kier molecular flexibility index (Phi) is 4.91. The molecule has 3 nitrogen and oxygen atoms in total. The Labute approximate surface area is 156 Å². The van der Waals surface area contributed by atoms with Gasteiger partial charge >= 0.3 is 0 Å². The molecule has 0 saturated carbocycles. The van der Waals surface area contributed by atoms with E-state index in [2.05, 4.69) is 33.9 Å². The lowest BCUT2D eigenvalue weighted by Gasteiger charge is -2.21. The molecule has 1 heterocycles. The Morgan fingerprint density at radius 1 is 1.12 bits per heavy atom. The zero-order valence-electron chi connectivity index (χ0n) is 14.9. The molecule has 0 bridgehead atoms. The summed E-state index contributed by atoms with van der Waals surface area (Å²) in [5, 5.41) is 1.11. The van der Waals surface area contributed by atoms with Crippen molar-refractivity contribution in [3.05, 3.63) is 69.3 Å². The van der Waals surface area contributed by atoms with Gasteiger partial charge in [0.25, 0.3) is 0 Å². The molecule has 2 aromatic carbocycles. The molecule has 0 aliphatic carbocycles. The average molecular weight is 397 g/mol. The number of carbonyl (C=O) groups excluding carboxylic acids is 1. The fourth-order valence-electron chi connectivity index (χ4n) is 3.23. The van der Waals surface area contributed by atoms with Crippen LogP contribution in [0.5, 0.6) is 0 Å². The van der Waals surface area contributed by atoms with Crippen molar-refractivity contribution in [2.45, 2.75) is 27.2 Å². The van der Waals surface area contributed by atoms with Gasteiger partial charge in [0.05, 0.1) is 11.9 Å². The minimum absolute atomic E-state index is 0.0636. The van der Waals surface area contributed by atoms with Gasteiger partial charge in [0.15, 0.2) is 0 Å². The fraction of sp³-hybridized carbons (Fsp3) is 0.238. The molecule has 0 fully saturated rings. The number of para-hydroxylation sites is 1. The van der Waals surface area contributed by atoms with Gasteiger partial charge in [-0.1, -0.05) is 34.1 Å². The van der Waals surface area contributed by atoms with Crippen LogP contribution in [0.1, 0.15) is 22.4 Å². The van der Waals surface area contributed by atoms with Crippen LogP contribution in [0.25, 0.3) is 10.9 Å². The van der Waals surface area contributed by atoms with Gasteiger partial charge in [-0.15, -0.1) is 0 Å². The summed E-state index contributed by atoms with van der Waals surface area (Å²) in [7, 11) is 1.83. The Morgan fingerprint density at radius 2 is 1.84 bits per heavy atom. The van der Waals surface area contributed by atoms with Crippen molar-refractivity contribution in [1.29, 1.82) is 0 Å². The van der Waals surface area contributed by atoms with E-state index in [4.69, 9.17) is 0 Å². The van der Waals surface area contributed by atoms with Crippen LogP contribution >= 0.6 is 15.9 Å². The van der Waals surface area contributed by atoms with E-state index in [-0.39, 0.29) is 5.91 Å². The Bertz CT molecular complexity index is 966. The van der Waals surface area contributed by atoms with Gasteiger partial charge in [0.2, 0.25) is 5.91 Å². The number of anilines is 1. The smallest absolute Gasteiger partial charge is 0.231 e. The molecule has 0 saturated heterocycles. The predicted octanol–water partition coefficient (Wildman–Crippen LogP) is 5.13. The van der Waals surface area contributed by atoms with Crippen molar-refractivity contribution in [2.75, 3.05) is 11.9 Å². The molecule has 128 valence electrons. The van der Waals surface area contributed by atoms with Crippen LogP contribution in [0.2, 0.25) is 0 Å². The maximum Gasteiger partial charge on any atom is 0.231 e. The van der Waals surface area contributed by atoms with Gasteiger partial charge in [0, 0.05) is 28.3 Å². The molecular formula is C21H21BrN2O. The van der Waals surface area contributed by atoms with Gasteiger partial charge in [0.1, 0.15) is 0 Å². The van der Waals surface area contributed by atoms with Gasteiger partial charge in [-0.2, -0.15) is 0 Å². The summed E-state index contributed by atoms with van der Waals surface area (Å²) in [4.78, 5) is 19.3. The molecule has 0 atom stereocenters. The number of halogens is 1. The molecule has 0 radical (unpaired) electrons. The monoisotopic (exact) mass is 396 g/mol. The highest BCUT2D eigenvalue weighted by molar-refractivity contribution is 9.10. The molecule has 1 aromatic heterocycles. The van der Waals surface area contributed by atoms with Crippen molar-refractivity contribution in [3.63, 3.8) is 0 Å². The first-order valence-electron chi connectivity index (χ1n) is 8.26. The molecule has 0 spiro atoms. The molecule has 3 rings (SSSR count). The first-order chi connectivity index (χ1) is 11.9. The standard InChI is InChI=1S/C21H21BrN2O/c1-13-11-16(22)9-10-20(13)24(4)21(25)12-18-14(2)17-7-5-6-8-19(17)23-15(18)3/h5-11H,12H2,1-4H3. The van der Waals surface area contributed by atoms with E-state index < -0.39 is 0 Å². The van der Waals surface area contributed by atoms with Gasteiger partial charge in [-0.05, 0) is 61.7 Å². The van der Waals surface area contributed by atoms with E-state index in [1.54, 1.807) is 4.90 Å². The Balaban J connectivity index is 1.94. The van der Waals surface area contributed by atoms with E-state index in [9.17, 15) is 4.79 Å². The van der Waals surface area contributed by atoms with E-state index in [0.717, 1.165) is 43.4 Å². The average Bonchev–Trinajstić information content (AvgIpc) is 2.58. The molecule has 0 aliphatic rings. The number of aromatic nitrogens is 1. The largest absolute Gasteiger partial charge is 0.315 e. The number of pyridine rings is 1. The molecule has 0 aliphatic heterocycles. The maximum absolute atomic E-state index is 12.9. The van der Waals surface area contributed by atoms with Gasteiger partial charge in [-0.3, -0.25) is 9.78 Å². The van der Waals surface area contributed by atoms with Crippen LogP contribution in [0, 0.1) is 20.8 Å². The molecule has 25 heavy (non-hydrogen) atoms. The van der Waals surface area contributed by atoms with E-state index in [0.29, 0.717) is 6.42 Å². The normalized spacial score (nSPS) is 10.9. The minimum Gasteiger partial charge on any atom is -0.315 e. The number of benzene rings is 2. The molecule has 0 N–H and O–H groups in total. The van der Waals surface area contributed by atoms with Crippen LogP contribution in [0.15, 0.2) is 46.9 Å². The topological polar surface area (TPSA) is 33.2 Å². The lowest BCUT2D eigenvalue weighted by atomic mass is 9.99. The quantitative estimate of drug-likeness (QED) is 0.614. The van der Waals surface area contributed by atoms with Crippen LogP contribution in [-0.4, -0.2) is 17.9 Å². The van der Waals surface area contributed by atoms with Crippen molar-refractivity contribution in [1.82, 2.24) is 4.98 Å². The Hall–Kier alpha value is -2.20.